The van der Waals surface area contributed by atoms with Crippen LogP contribution in [0, 0.1) is 5.92 Å². The molecule has 1 amide bonds. The van der Waals surface area contributed by atoms with E-state index < -0.39 is 15.9 Å². The van der Waals surface area contributed by atoms with E-state index in [0.717, 1.165) is 4.31 Å². The van der Waals surface area contributed by atoms with E-state index in [1.54, 1.807) is 48.5 Å². The van der Waals surface area contributed by atoms with Crippen LogP contribution in [0.15, 0.2) is 65.6 Å². The van der Waals surface area contributed by atoms with E-state index in [-0.39, 0.29) is 17.2 Å². The van der Waals surface area contributed by atoms with Gasteiger partial charge in [0.05, 0.1) is 10.6 Å². The minimum atomic E-state index is -3.92. The summed E-state index contributed by atoms with van der Waals surface area (Å²) in [6.07, 6.45) is 0.168. The van der Waals surface area contributed by atoms with Crippen LogP contribution in [0.25, 0.3) is 0 Å². The molecule has 0 atom stereocenters. The lowest BCUT2D eigenvalue weighted by Gasteiger charge is -2.23. The van der Waals surface area contributed by atoms with Gasteiger partial charge in [0.25, 0.3) is 10.0 Å². The summed E-state index contributed by atoms with van der Waals surface area (Å²) in [4.78, 5) is 12.6. The summed E-state index contributed by atoms with van der Waals surface area (Å²) in [7, 11) is -3.92. The number of hydrogen-bond donors (Lipinski definition) is 0. The topological polar surface area (TPSA) is 54.5 Å². The molecule has 0 fully saturated rings. The van der Waals surface area contributed by atoms with Crippen LogP contribution in [-0.2, 0) is 14.8 Å². The number of para-hydroxylation sites is 1. The molecular weight excluding hydrogens is 298 g/mol. The second-order valence-electron chi connectivity index (χ2n) is 5.41. The van der Waals surface area contributed by atoms with Gasteiger partial charge < -0.3 is 0 Å². The van der Waals surface area contributed by atoms with Gasteiger partial charge in [-0.25, -0.2) is 12.7 Å². The van der Waals surface area contributed by atoms with Gasteiger partial charge in [-0.3, -0.25) is 4.79 Å². The first-order chi connectivity index (χ1) is 10.4. The standard InChI is InChI=1S/C17H19NO3S/c1-14(2)13-17(19)18(15-9-5-3-6-10-15)22(20,21)16-11-7-4-8-12-16/h3-12,14H,13H2,1-2H3. The van der Waals surface area contributed by atoms with Crippen molar-refractivity contribution < 1.29 is 13.2 Å². The molecular formula is C17H19NO3S. The second-order valence-corrected chi connectivity index (χ2v) is 7.20. The summed E-state index contributed by atoms with van der Waals surface area (Å²) in [5.74, 6) is -0.352. The van der Waals surface area contributed by atoms with Gasteiger partial charge in [-0.1, -0.05) is 50.2 Å². The molecule has 0 aliphatic rings. The predicted octanol–water partition coefficient (Wildman–Crippen LogP) is 3.45. The summed E-state index contributed by atoms with van der Waals surface area (Å²) in [6, 6.07) is 16.5. The molecule has 2 aromatic rings. The lowest BCUT2D eigenvalue weighted by Crippen LogP contribution is -2.37. The quantitative estimate of drug-likeness (QED) is 0.848. The first-order valence-electron chi connectivity index (χ1n) is 7.11. The lowest BCUT2D eigenvalue weighted by molar-refractivity contribution is -0.118. The molecule has 5 heteroatoms. The Balaban J connectivity index is 2.52. The third kappa shape index (κ3) is 3.54. The monoisotopic (exact) mass is 317 g/mol. The molecule has 0 N–H and O–H groups in total. The highest BCUT2D eigenvalue weighted by Gasteiger charge is 2.30. The van der Waals surface area contributed by atoms with E-state index in [2.05, 4.69) is 0 Å². The Morgan fingerprint density at radius 3 is 1.95 bits per heavy atom. The molecule has 0 aliphatic carbocycles. The van der Waals surface area contributed by atoms with Crippen molar-refractivity contribution >= 4 is 21.6 Å². The van der Waals surface area contributed by atoms with Crippen LogP contribution in [-0.4, -0.2) is 14.3 Å². The average molecular weight is 317 g/mol. The van der Waals surface area contributed by atoms with E-state index in [1.807, 2.05) is 13.8 Å². The highest BCUT2D eigenvalue weighted by molar-refractivity contribution is 7.93. The average Bonchev–Trinajstić information content (AvgIpc) is 2.48. The molecule has 4 nitrogen and oxygen atoms in total. The zero-order valence-electron chi connectivity index (χ0n) is 12.6. The minimum absolute atomic E-state index is 0.0738. The van der Waals surface area contributed by atoms with E-state index in [9.17, 15) is 13.2 Å². The van der Waals surface area contributed by atoms with Crippen molar-refractivity contribution in [1.82, 2.24) is 0 Å². The van der Waals surface area contributed by atoms with Crippen LogP contribution >= 0.6 is 0 Å². The Morgan fingerprint density at radius 1 is 0.955 bits per heavy atom. The maximum atomic E-state index is 12.9. The molecule has 0 aromatic heterocycles. The summed E-state index contributed by atoms with van der Waals surface area (Å²) in [5.41, 5.74) is 0.358. The number of carbonyl (C=O) groups is 1. The summed E-state index contributed by atoms with van der Waals surface area (Å²) in [5, 5.41) is 0. The lowest BCUT2D eigenvalue weighted by atomic mass is 10.1. The van der Waals surface area contributed by atoms with Gasteiger partial charge >= 0.3 is 0 Å². The van der Waals surface area contributed by atoms with Crippen LogP contribution < -0.4 is 4.31 Å². The number of hydrogen-bond acceptors (Lipinski definition) is 3. The maximum absolute atomic E-state index is 12.9. The zero-order valence-corrected chi connectivity index (χ0v) is 13.5. The number of rotatable bonds is 5. The van der Waals surface area contributed by atoms with Crippen molar-refractivity contribution in [2.24, 2.45) is 5.92 Å². The van der Waals surface area contributed by atoms with Crippen molar-refractivity contribution in [2.45, 2.75) is 25.2 Å². The summed E-state index contributed by atoms with van der Waals surface area (Å²) in [6.45, 7) is 3.77. The van der Waals surface area contributed by atoms with Gasteiger partial charge in [-0.15, -0.1) is 0 Å². The van der Waals surface area contributed by atoms with Crippen molar-refractivity contribution in [1.29, 1.82) is 0 Å². The third-order valence-electron chi connectivity index (χ3n) is 3.08. The van der Waals surface area contributed by atoms with Gasteiger partial charge in [0, 0.05) is 6.42 Å². The Labute approximate surface area is 131 Å². The zero-order chi connectivity index (χ0) is 16.2. The van der Waals surface area contributed by atoms with Crippen molar-refractivity contribution in [3.05, 3.63) is 60.7 Å². The summed E-state index contributed by atoms with van der Waals surface area (Å²) < 4.78 is 26.6. The number of anilines is 1. The SMILES string of the molecule is CC(C)CC(=O)N(c1ccccc1)S(=O)(=O)c1ccccc1. The van der Waals surface area contributed by atoms with E-state index in [4.69, 9.17) is 0 Å². The van der Waals surface area contributed by atoms with Gasteiger partial charge in [-0.2, -0.15) is 0 Å². The molecule has 0 bridgehead atoms. The Bertz CT molecular complexity index is 725. The first kappa shape index (κ1) is 16.2. The van der Waals surface area contributed by atoms with Gasteiger partial charge in [0.1, 0.15) is 0 Å². The molecule has 0 saturated heterocycles. The number of benzene rings is 2. The van der Waals surface area contributed by atoms with E-state index in [0.29, 0.717) is 5.69 Å². The smallest absolute Gasteiger partial charge is 0.270 e. The molecule has 2 rings (SSSR count). The molecule has 0 spiro atoms. The molecule has 0 saturated carbocycles. The fourth-order valence-corrected chi connectivity index (χ4v) is 3.56. The highest BCUT2D eigenvalue weighted by Crippen LogP contribution is 2.25. The third-order valence-corrected chi connectivity index (χ3v) is 4.84. The van der Waals surface area contributed by atoms with Crippen LogP contribution in [0.5, 0.6) is 0 Å². The van der Waals surface area contributed by atoms with Crippen LogP contribution in [0.2, 0.25) is 0 Å². The maximum Gasteiger partial charge on any atom is 0.270 e. The van der Waals surface area contributed by atoms with Crippen molar-refractivity contribution in [2.75, 3.05) is 4.31 Å². The molecule has 0 heterocycles. The number of amides is 1. The molecule has 0 radical (unpaired) electrons. The molecule has 116 valence electrons. The predicted molar refractivity (Wildman–Crippen MR) is 87.0 cm³/mol. The molecule has 0 unspecified atom stereocenters. The minimum Gasteiger partial charge on any atom is -0.273 e. The molecule has 22 heavy (non-hydrogen) atoms. The number of carbonyl (C=O) groups excluding carboxylic acids is 1. The Morgan fingerprint density at radius 2 is 1.45 bits per heavy atom. The van der Waals surface area contributed by atoms with Gasteiger partial charge in [-0.05, 0) is 30.2 Å². The highest BCUT2D eigenvalue weighted by atomic mass is 32.2. The Hall–Kier alpha value is -2.14. The molecule has 0 aliphatic heterocycles. The normalized spacial score (nSPS) is 11.4. The molecule has 2 aromatic carbocycles. The van der Waals surface area contributed by atoms with Gasteiger partial charge in [0.2, 0.25) is 5.91 Å². The van der Waals surface area contributed by atoms with Gasteiger partial charge in [0.15, 0.2) is 0 Å². The van der Waals surface area contributed by atoms with Crippen molar-refractivity contribution in [3.8, 4) is 0 Å². The fourth-order valence-electron chi connectivity index (χ4n) is 2.11. The second kappa shape index (κ2) is 6.75. The Kier molecular flexibility index (Phi) is 4.98. The largest absolute Gasteiger partial charge is 0.273 e. The first-order valence-corrected chi connectivity index (χ1v) is 8.55. The van der Waals surface area contributed by atoms with E-state index in [1.165, 1.54) is 12.1 Å². The summed E-state index contributed by atoms with van der Waals surface area (Å²) >= 11 is 0. The van der Waals surface area contributed by atoms with Crippen LogP contribution in [0.3, 0.4) is 0 Å². The fraction of sp³-hybridized carbons (Fsp3) is 0.235. The van der Waals surface area contributed by atoms with Crippen LogP contribution in [0.4, 0.5) is 5.69 Å². The number of nitrogens with zero attached hydrogens (tertiary/aromatic N) is 1. The van der Waals surface area contributed by atoms with Crippen LogP contribution in [0.1, 0.15) is 20.3 Å². The van der Waals surface area contributed by atoms with Crippen molar-refractivity contribution in [3.63, 3.8) is 0 Å². The van der Waals surface area contributed by atoms with E-state index >= 15 is 0 Å². The number of sulfonamides is 1.